The molecular weight excluding hydrogens is 925 g/mol. The molecule has 0 N–H and O–H groups in total. The molecule has 0 amide bonds. The zero-order valence-corrected chi connectivity index (χ0v) is 52.4. The Balaban J connectivity index is -0.00000117. The highest BCUT2D eigenvalue weighted by Gasteiger charge is 2.04. The summed E-state index contributed by atoms with van der Waals surface area (Å²) in [5.74, 6) is -0.0733. The summed E-state index contributed by atoms with van der Waals surface area (Å²) in [6.45, 7) is 12.1. The van der Waals surface area contributed by atoms with Crippen molar-refractivity contribution in [3.05, 3.63) is 0 Å². The lowest BCUT2D eigenvalue weighted by Gasteiger charge is -2.06. The SMILES string of the molecule is CCCCCCCCCCCC(=O)OCC.CCCCCCCCCCCCCCCCCC(=O)OC.CCCCCCCCCCCCCCCCCCOC(=O)CCCCCCCCCCCCCCCCC. The van der Waals surface area contributed by atoms with Crippen molar-refractivity contribution in [2.45, 2.75) is 407 Å². The standard InChI is InChI=1S/C36H72O2.C19H38O2.C14H28O2/c1-3-5-7-9-11-13-15-17-19-21-23-25-27-29-31-33-35-38-36(37)34-32-30-28-26-24-22-20-18-16-14-12-10-8-6-4-2;1-3-4-5-6-7-8-9-10-11-12-13-14-15-16-17-18-19(20)21-2;1-3-5-6-7-8-9-10-11-12-13-14(15)16-4-2/h3-35H2,1-2H3;3-18H2,1-2H3;3-13H2,1-2H3. The first-order valence-corrected chi connectivity index (χ1v) is 34.3. The fraction of sp³-hybridized carbons (Fsp3) is 0.957. The van der Waals surface area contributed by atoms with Crippen LogP contribution in [-0.4, -0.2) is 38.2 Å². The highest BCUT2D eigenvalue weighted by atomic mass is 16.5. The Labute approximate surface area is 471 Å². The second-order valence-electron chi connectivity index (χ2n) is 22.9. The van der Waals surface area contributed by atoms with E-state index in [2.05, 4.69) is 32.4 Å². The number of methoxy groups -OCH3 is 1. The van der Waals surface area contributed by atoms with Crippen molar-refractivity contribution in [3.63, 3.8) is 0 Å². The number of carbonyl (C=O) groups excluding carboxylic acids is 3. The van der Waals surface area contributed by atoms with Gasteiger partial charge in [-0.05, 0) is 32.6 Å². The van der Waals surface area contributed by atoms with Crippen molar-refractivity contribution in [1.29, 1.82) is 0 Å². The van der Waals surface area contributed by atoms with Gasteiger partial charge in [0.05, 0.1) is 20.3 Å². The minimum Gasteiger partial charge on any atom is -0.469 e. The molecule has 75 heavy (non-hydrogen) atoms. The van der Waals surface area contributed by atoms with Gasteiger partial charge in [0.25, 0.3) is 0 Å². The maximum absolute atomic E-state index is 11.9. The number of esters is 3. The minimum atomic E-state index is -0.0651. The van der Waals surface area contributed by atoms with E-state index in [4.69, 9.17) is 9.47 Å². The molecule has 450 valence electrons. The molecule has 0 spiro atoms. The Morgan fingerprint density at radius 2 is 0.387 bits per heavy atom. The van der Waals surface area contributed by atoms with Gasteiger partial charge in [-0.15, -0.1) is 0 Å². The lowest BCUT2D eigenvalue weighted by atomic mass is 10.0. The Morgan fingerprint density at radius 3 is 0.587 bits per heavy atom. The van der Waals surface area contributed by atoms with Gasteiger partial charge >= 0.3 is 17.9 Å². The largest absolute Gasteiger partial charge is 0.469 e. The normalized spacial score (nSPS) is 11.0. The number of unbranched alkanes of at least 4 members (excludes halogenated alkanes) is 51. The third kappa shape index (κ3) is 79.0. The number of hydrogen-bond donors (Lipinski definition) is 0. The molecule has 6 heteroatoms. The van der Waals surface area contributed by atoms with Crippen LogP contribution in [0.1, 0.15) is 407 Å². The van der Waals surface area contributed by atoms with E-state index >= 15 is 0 Å². The summed E-state index contributed by atoms with van der Waals surface area (Å²) >= 11 is 0. The summed E-state index contributed by atoms with van der Waals surface area (Å²) < 4.78 is 14.9. The molecule has 0 aromatic carbocycles. The summed E-state index contributed by atoms with van der Waals surface area (Å²) in [5, 5.41) is 0. The van der Waals surface area contributed by atoms with Crippen LogP contribution < -0.4 is 0 Å². The molecule has 0 aliphatic carbocycles. The van der Waals surface area contributed by atoms with E-state index in [9.17, 15) is 14.4 Å². The zero-order valence-electron chi connectivity index (χ0n) is 52.4. The molecule has 0 radical (unpaired) electrons. The van der Waals surface area contributed by atoms with E-state index in [1.165, 1.54) is 335 Å². The summed E-state index contributed by atoms with van der Waals surface area (Å²) in [5.41, 5.74) is 0. The third-order valence-corrected chi connectivity index (χ3v) is 15.2. The van der Waals surface area contributed by atoms with Gasteiger partial charge in [0.15, 0.2) is 0 Å². The van der Waals surface area contributed by atoms with Crippen LogP contribution in [0, 0.1) is 0 Å². The Kier molecular flexibility index (Phi) is 77.1. The van der Waals surface area contributed by atoms with Crippen LogP contribution in [0.3, 0.4) is 0 Å². The first-order valence-electron chi connectivity index (χ1n) is 34.3. The minimum absolute atomic E-state index is 0.0284. The lowest BCUT2D eigenvalue weighted by Crippen LogP contribution is -2.05. The first kappa shape index (κ1) is 77.6. The van der Waals surface area contributed by atoms with Gasteiger partial charge < -0.3 is 14.2 Å². The van der Waals surface area contributed by atoms with Crippen molar-refractivity contribution in [3.8, 4) is 0 Å². The fourth-order valence-electron chi connectivity index (χ4n) is 10.1. The highest BCUT2D eigenvalue weighted by molar-refractivity contribution is 5.69. The van der Waals surface area contributed by atoms with Crippen LogP contribution >= 0.6 is 0 Å². The monoisotopic (exact) mass is 1060 g/mol. The summed E-state index contributed by atoms with van der Waals surface area (Å²) in [7, 11) is 1.47. The van der Waals surface area contributed by atoms with Gasteiger partial charge in [-0.3, -0.25) is 14.4 Å². The van der Waals surface area contributed by atoms with Crippen LogP contribution in [0.15, 0.2) is 0 Å². The Bertz CT molecular complexity index is 1050. The van der Waals surface area contributed by atoms with E-state index in [1.807, 2.05) is 6.92 Å². The van der Waals surface area contributed by atoms with Gasteiger partial charge in [0.2, 0.25) is 0 Å². The predicted molar refractivity (Wildman–Crippen MR) is 330 cm³/mol. The van der Waals surface area contributed by atoms with Gasteiger partial charge in [0.1, 0.15) is 0 Å². The molecule has 0 aliphatic heterocycles. The van der Waals surface area contributed by atoms with Gasteiger partial charge in [-0.25, -0.2) is 0 Å². The first-order chi connectivity index (χ1) is 36.9. The average molecular weight is 1060 g/mol. The molecule has 0 saturated heterocycles. The summed E-state index contributed by atoms with van der Waals surface area (Å²) in [6.07, 6.45) is 76.2. The van der Waals surface area contributed by atoms with Crippen LogP contribution in [0.4, 0.5) is 0 Å². The van der Waals surface area contributed by atoms with Crippen molar-refractivity contribution >= 4 is 17.9 Å². The lowest BCUT2D eigenvalue weighted by molar-refractivity contribution is -0.144. The van der Waals surface area contributed by atoms with E-state index in [-0.39, 0.29) is 17.9 Å². The second-order valence-corrected chi connectivity index (χ2v) is 22.9. The summed E-state index contributed by atoms with van der Waals surface area (Å²) in [6, 6.07) is 0. The molecule has 0 rings (SSSR count). The number of carbonyl (C=O) groups is 3. The van der Waals surface area contributed by atoms with Gasteiger partial charge in [-0.2, -0.15) is 0 Å². The summed E-state index contributed by atoms with van der Waals surface area (Å²) in [4.78, 5) is 33.9. The van der Waals surface area contributed by atoms with Crippen molar-refractivity contribution in [2.75, 3.05) is 20.3 Å². The second kappa shape index (κ2) is 74.5. The Hall–Kier alpha value is -1.59. The smallest absolute Gasteiger partial charge is 0.305 e. The molecule has 0 aliphatic rings. The topological polar surface area (TPSA) is 78.9 Å². The van der Waals surface area contributed by atoms with Crippen molar-refractivity contribution < 1.29 is 28.6 Å². The predicted octanol–water partition coefficient (Wildman–Crippen LogP) is 23.9. The molecule has 0 atom stereocenters. The molecule has 0 aromatic rings. The van der Waals surface area contributed by atoms with Crippen LogP contribution in [0.2, 0.25) is 0 Å². The molecule has 0 bridgehead atoms. The van der Waals surface area contributed by atoms with Gasteiger partial charge in [-0.1, -0.05) is 355 Å². The molecule has 0 fully saturated rings. The van der Waals surface area contributed by atoms with Gasteiger partial charge in [0, 0.05) is 19.3 Å². The molecule has 0 heterocycles. The molecular formula is C69H138O6. The van der Waals surface area contributed by atoms with Crippen LogP contribution in [0.25, 0.3) is 0 Å². The molecule has 0 aromatic heterocycles. The van der Waals surface area contributed by atoms with E-state index in [0.717, 1.165) is 25.7 Å². The average Bonchev–Trinajstić information content (AvgIpc) is 3.41. The third-order valence-electron chi connectivity index (χ3n) is 15.2. The van der Waals surface area contributed by atoms with E-state index < -0.39 is 0 Å². The molecule has 0 saturated carbocycles. The molecule has 0 unspecified atom stereocenters. The van der Waals surface area contributed by atoms with Crippen LogP contribution in [-0.2, 0) is 28.6 Å². The van der Waals surface area contributed by atoms with Crippen molar-refractivity contribution in [2.24, 2.45) is 0 Å². The highest BCUT2D eigenvalue weighted by Crippen LogP contribution is 2.18. The number of ether oxygens (including phenoxy) is 3. The number of hydrogen-bond acceptors (Lipinski definition) is 6. The number of rotatable bonds is 60. The molecule has 6 nitrogen and oxygen atoms in total. The Morgan fingerprint density at radius 1 is 0.213 bits per heavy atom. The fourth-order valence-corrected chi connectivity index (χ4v) is 10.1. The zero-order chi connectivity index (χ0) is 55.3. The van der Waals surface area contributed by atoms with Crippen LogP contribution in [0.5, 0.6) is 0 Å². The maximum atomic E-state index is 11.9. The maximum Gasteiger partial charge on any atom is 0.305 e. The van der Waals surface area contributed by atoms with E-state index in [0.29, 0.717) is 32.5 Å². The quantitative estimate of drug-likeness (QED) is 0.0343. The van der Waals surface area contributed by atoms with E-state index in [1.54, 1.807) is 0 Å². The van der Waals surface area contributed by atoms with Crippen molar-refractivity contribution in [1.82, 2.24) is 0 Å².